The van der Waals surface area contributed by atoms with Gasteiger partial charge in [0.15, 0.2) is 5.13 Å². The van der Waals surface area contributed by atoms with Crippen LogP contribution < -0.4 is 10.2 Å². The van der Waals surface area contributed by atoms with Crippen LogP contribution in [0.4, 0.5) is 5.13 Å². The number of rotatable bonds is 6. The second-order valence-electron chi connectivity index (χ2n) is 6.93. The summed E-state index contributed by atoms with van der Waals surface area (Å²) in [5.41, 5.74) is 1.29. The Morgan fingerprint density at radius 2 is 2.10 bits per heavy atom. The van der Waals surface area contributed by atoms with Gasteiger partial charge in [0.05, 0.1) is 5.69 Å². The lowest BCUT2D eigenvalue weighted by Crippen LogP contribution is -2.41. The zero-order valence-electron chi connectivity index (χ0n) is 14.3. The van der Waals surface area contributed by atoms with Crippen LogP contribution in [-0.4, -0.2) is 24.1 Å². The lowest BCUT2D eigenvalue weighted by Gasteiger charge is -2.36. The molecule has 0 saturated carbocycles. The highest BCUT2D eigenvalue weighted by atomic mass is 32.1. The predicted octanol–water partition coefficient (Wildman–Crippen LogP) is 4.08. The predicted molar refractivity (Wildman–Crippen MR) is 93.2 cm³/mol. The SMILES string of the molecule is CCc1nc(N2CC(C)CCC2C)sc1CNCC(C)C. The molecule has 0 aliphatic carbocycles. The molecule has 1 aliphatic heterocycles. The Labute approximate surface area is 134 Å². The monoisotopic (exact) mass is 309 g/mol. The summed E-state index contributed by atoms with van der Waals surface area (Å²) < 4.78 is 0. The molecule has 1 fully saturated rings. The number of thiazole rings is 1. The maximum absolute atomic E-state index is 4.94. The number of piperidine rings is 1. The number of hydrogen-bond acceptors (Lipinski definition) is 4. The number of nitrogens with zero attached hydrogens (tertiary/aromatic N) is 2. The average Bonchev–Trinajstić information content (AvgIpc) is 2.84. The first-order valence-electron chi connectivity index (χ1n) is 8.47. The molecule has 1 aromatic heterocycles. The Bertz CT molecular complexity index is 441. The molecule has 0 radical (unpaired) electrons. The molecule has 0 spiro atoms. The van der Waals surface area contributed by atoms with Crippen molar-refractivity contribution in [3.05, 3.63) is 10.6 Å². The summed E-state index contributed by atoms with van der Waals surface area (Å²) in [4.78, 5) is 8.90. The van der Waals surface area contributed by atoms with Crippen molar-refractivity contribution in [2.45, 2.75) is 66.5 Å². The lowest BCUT2D eigenvalue weighted by atomic mass is 9.96. The quantitative estimate of drug-likeness (QED) is 0.858. The molecule has 0 aromatic carbocycles. The van der Waals surface area contributed by atoms with Crippen LogP contribution in [0.2, 0.25) is 0 Å². The normalized spacial score (nSPS) is 23.0. The van der Waals surface area contributed by atoms with Crippen molar-refractivity contribution in [1.29, 1.82) is 0 Å². The molecular weight excluding hydrogens is 278 g/mol. The third-order valence-electron chi connectivity index (χ3n) is 4.30. The Hall–Kier alpha value is -0.610. The molecule has 1 N–H and O–H groups in total. The lowest BCUT2D eigenvalue weighted by molar-refractivity contribution is 0.390. The van der Waals surface area contributed by atoms with Crippen LogP contribution in [-0.2, 0) is 13.0 Å². The molecule has 2 rings (SSSR count). The van der Waals surface area contributed by atoms with Gasteiger partial charge >= 0.3 is 0 Å². The average molecular weight is 310 g/mol. The van der Waals surface area contributed by atoms with Gasteiger partial charge in [0, 0.05) is 24.0 Å². The first-order valence-corrected chi connectivity index (χ1v) is 9.28. The summed E-state index contributed by atoms with van der Waals surface area (Å²) in [6.07, 6.45) is 3.68. The van der Waals surface area contributed by atoms with Crippen LogP contribution in [0.15, 0.2) is 0 Å². The van der Waals surface area contributed by atoms with Crippen molar-refractivity contribution in [2.24, 2.45) is 11.8 Å². The van der Waals surface area contributed by atoms with Gasteiger partial charge in [-0.05, 0) is 44.6 Å². The van der Waals surface area contributed by atoms with Gasteiger partial charge in [-0.15, -0.1) is 11.3 Å². The summed E-state index contributed by atoms with van der Waals surface area (Å²) in [6, 6.07) is 0.633. The Balaban J connectivity index is 2.08. The third kappa shape index (κ3) is 4.43. The van der Waals surface area contributed by atoms with Crippen LogP contribution in [0.1, 0.15) is 58.0 Å². The Morgan fingerprint density at radius 1 is 1.33 bits per heavy atom. The number of nitrogens with one attached hydrogen (secondary N) is 1. The Morgan fingerprint density at radius 3 is 2.76 bits per heavy atom. The topological polar surface area (TPSA) is 28.2 Å². The van der Waals surface area contributed by atoms with E-state index in [1.807, 2.05) is 11.3 Å². The molecule has 120 valence electrons. The standard InChI is InChI=1S/C17H31N3S/c1-6-15-16(10-18-9-12(2)3)21-17(19-15)20-11-13(4)7-8-14(20)5/h12-14,18H,6-11H2,1-5H3. The molecule has 21 heavy (non-hydrogen) atoms. The minimum absolute atomic E-state index is 0.633. The molecule has 1 saturated heterocycles. The second kappa shape index (κ2) is 7.59. The highest BCUT2D eigenvalue weighted by molar-refractivity contribution is 7.15. The van der Waals surface area contributed by atoms with E-state index in [4.69, 9.17) is 4.98 Å². The summed E-state index contributed by atoms with van der Waals surface area (Å²) >= 11 is 1.90. The van der Waals surface area contributed by atoms with Gasteiger partial charge in [-0.25, -0.2) is 4.98 Å². The van der Waals surface area contributed by atoms with Crippen molar-refractivity contribution in [2.75, 3.05) is 18.0 Å². The minimum atomic E-state index is 0.633. The minimum Gasteiger partial charge on any atom is -0.345 e. The summed E-state index contributed by atoms with van der Waals surface area (Å²) in [5.74, 6) is 1.49. The highest BCUT2D eigenvalue weighted by Crippen LogP contribution is 2.32. The fourth-order valence-corrected chi connectivity index (χ4v) is 4.17. The zero-order chi connectivity index (χ0) is 15.4. The molecule has 2 unspecified atom stereocenters. The maximum atomic E-state index is 4.94. The van der Waals surface area contributed by atoms with Crippen LogP contribution >= 0.6 is 11.3 Å². The van der Waals surface area contributed by atoms with Crippen LogP contribution in [0.3, 0.4) is 0 Å². The van der Waals surface area contributed by atoms with Gasteiger partial charge in [-0.1, -0.05) is 27.7 Å². The number of aryl methyl sites for hydroxylation is 1. The Kier molecular flexibility index (Phi) is 6.06. The zero-order valence-corrected chi connectivity index (χ0v) is 15.1. The van der Waals surface area contributed by atoms with E-state index in [1.165, 1.54) is 28.5 Å². The van der Waals surface area contributed by atoms with Gasteiger partial charge < -0.3 is 10.2 Å². The number of anilines is 1. The van der Waals surface area contributed by atoms with Crippen LogP contribution in [0.5, 0.6) is 0 Å². The molecule has 0 bridgehead atoms. The fourth-order valence-electron chi connectivity index (χ4n) is 2.94. The van der Waals surface area contributed by atoms with Gasteiger partial charge in [-0.2, -0.15) is 0 Å². The first-order chi connectivity index (χ1) is 10.0. The van der Waals surface area contributed by atoms with Crippen molar-refractivity contribution in [1.82, 2.24) is 10.3 Å². The van der Waals surface area contributed by atoms with E-state index in [-0.39, 0.29) is 0 Å². The van der Waals surface area contributed by atoms with E-state index >= 15 is 0 Å². The van der Waals surface area contributed by atoms with E-state index in [9.17, 15) is 0 Å². The van der Waals surface area contributed by atoms with Gasteiger partial charge in [0.2, 0.25) is 0 Å². The number of aromatic nitrogens is 1. The second-order valence-corrected chi connectivity index (χ2v) is 7.99. The largest absolute Gasteiger partial charge is 0.345 e. The van der Waals surface area contributed by atoms with Crippen molar-refractivity contribution >= 4 is 16.5 Å². The van der Waals surface area contributed by atoms with Gasteiger partial charge in [0.1, 0.15) is 0 Å². The molecule has 0 amide bonds. The van der Waals surface area contributed by atoms with Crippen molar-refractivity contribution < 1.29 is 0 Å². The van der Waals surface area contributed by atoms with E-state index in [1.54, 1.807) is 0 Å². The van der Waals surface area contributed by atoms with E-state index in [2.05, 4.69) is 44.8 Å². The van der Waals surface area contributed by atoms with Crippen molar-refractivity contribution in [3.63, 3.8) is 0 Å². The van der Waals surface area contributed by atoms with Gasteiger partial charge in [0.25, 0.3) is 0 Å². The van der Waals surface area contributed by atoms with E-state index < -0.39 is 0 Å². The molecule has 1 aliphatic rings. The molecule has 2 atom stereocenters. The first kappa shape index (κ1) is 16.8. The fraction of sp³-hybridized carbons (Fsp3) is 0.824. The van der Waals surface area contributed by atoms with E-state index in [0.29, 0.717) is 12.0 Å². The summed E-state index contributed by atoms with van der Waals surface area (Å²) in [7, 11) is 0. The molecule has 1 aromatic rings. The van der Waals surface area contributed by atoms with E-state index in [0.717, 1.165) is 32.0 Å². The summed E-state index contributed by atoms with van der Waals surface area (Å²) in [5, 5.41) is 4.81. The summed E-state index contributed by atoms with van der Waals surface area (Å²) in [6.45, 7) is 14.6. The van der Waals surface area contributed by atoms with Crippen molar-refractivity contribution in [3.8, 4) is 0 Å². The maximum Gasteiger partial charge on any atom is 0.186 e. The molecule has 3 nitrogen and oxygen atoms in total. The van der Waals surface area contributed by atoms with Gasteiger partial charge in [-0.3, -0.25) is 0 Å². The third-order valence-corrected chi connectivity index (χ3v) is 5.44. The smallest absolute Gasteiger partial charge is 0.186 e. The van der Waals surface area contributed by atoms with Crippen LogP contribution in [0, 0.1) is 11.8 Å². The highest BCUT2D eigenvalue weighted by Gasteiger charge is 2.26. The molecule has 4 heteroatoms. The molecule has 2 heterocycles. The van der Waals surface area contributed by atoms with Crippen LogP contribution in [0.25, 0.3) is 0 Å². The number of hydrogen-bond donors (Lipinski definition) is 1. The molecular formula is C17H31N3S.